The van der Waals surface area contributed by atoms with Crippen molar-refractivity contribution in [3.05, 3.63) is 74.8 Å². The van der Waals surface area contributed by atoms with Gasteiger partial charge >= 0.3 is 5.69 Å². The molecule has 0 saturated carbocycles. The van der Waals surface area contributed by atoms with E-state index in [1.165, 1.54) is 12.7 Å². The highest BCUT2D eigenvalue weighted by molar-refractivity contribution is 6.33. The minimum absolute atomic E-state index is 0.0192. The van der Waals surface area contributed by atoms with Crippen LogP contribution in [-0.2, 0) is 0 Å². The highest BCUT2D eigenvalue weighted by atomic mass is 35.5. The molecule has 25 heavy (non-hydrogen) atoms. The molecule has 2 aromatic rings. The van der Waals surface area contributed by atoms with Crippen molar-refractivity contribution in [3.8, 4) is 5.75 Å². The van der Waals surface area contributed by atoms with Crippen molar-refractivity contribution in [2.45, 2.75) is 18.4 Å². The van der Waals surface area contributed by atoms with Crippen molar-refractivity contribution < 1.29 is 9.66 Å². The zero-order valence-electron chi connectivity index (χ0n) is 13.6. The number of hydrogen-bond acceptors (Lipinski definition) is 4. The van der Waals surface area contributed by atoms with E-state index in [4.69, 9.17) is 16.3 Å². The molecule has 0 amide bonds. The number of benzene rings is 2. The largest absolute Gasteiger partial charge is 0.490 e. The van der Waals surface area contributed by atoms with Gasteiger partial charge < -0.3 is 10.1 Å². The summed E-state index contributed by atoms with van der Waals surface area (Å²) in [5.74, 6) is 0.837. The van der Waals surface area contributed by atoms with Crippen LogP contribution in [0.2, 0.25) is 5.02 Å². The molecule has 0 fully saturated rings. The predicted octanol–water partition coefficient (Wildman–Crippen LogP) is 5.08. The van der Waals surface area contributed by atoms with E-state index in [0.717, 1.165) is 17.7 Å². The second-order valence-electron chi connectivity index (χ2n) is 6.37. The fourth-order valence-electron chi connectivity index (χ4n) is 3.96. The summed E-state index contributed by atoms with van der Waals surface area (Å²) in [5.41, 5.74) is 2.96. The van der Waals surface area contributed by atoms with Gasteiger partial charge in [0.05, 0.1) is 28.8 Å². The number of anilines is 1. The number of nitrogens with one attached hydrogen (secondary N) is 1. The van der Waals surface area contributed by atoms with E-state index < -0.39 is 4.92 Å². The highest BCUT2D eigenvalue weighted by Crippen LogP contribution is 2.51. The molecule has 4 rings (SSSR count). The zero-order chi connectivity index (χ0) is 17.6. The monoisotopic (exact) mass is 356 g/mol. The fourth-order valence-corrected chi connectivity index (χ4v) is 4.19. The molecule has 0 spiro atoms. The summed E-state index contributed by atoms with van der Waals surface area (Å²) in [6, 6.07) is 11.0. The third kappa shape index (κ3) is 2.55. The lowest BCUT2D eigenvalue weighted by molar-refractivity contribution is -0.385. The van der Waals surface area contributed by atoms with Gasteiger partial charge in [0.25, 0.3) is 0 Å². The zero-order valence-corrected chi connectivity index (χ0v) is 14.4. The van der Waals surface area contributed by atoms with Crippen molar-refractivity contribution in [2.24, 2.45) is 5.92 Å². The molecule has 6 heteroatoms. The normalized spacial score (nSPS) is 23.5. The maximum atomic E-state index is 11.4. The predicted molar refractivity (Wildman–Crippen MR) is 97.5 cm³/mol. The third-order valence-electron chi connectivity index (χ3n) is 5.10. The van der Waals surface area contributed by atoms with E-state index in [-0.39, 0.29) is 23.4 Å². The average Bonchev–Trinajstić information content (AvgIpc) is 3.11. The van der Waals surface area contributed by atoms with Gasteiger partial charge in [0, 0.05) is 12.0 Å². The number of halogens is 1. The minimum atomic E-state index is -0.406. The van der Waals surface area contributed by atoms with Crippen LogP contribution < -0.4 is 10.1 Å². The molecule has 1 aliphatic heterocycles. The van der Waals surface area contributed by atoms with Crippen molar-refractivity contribution in [2.75, 3.05) is 12.4 Å². The molecule has 0 unspecified atom stereocenters. The van der Waals surface area contributed by atoms with Crippen molar-refractivity contribution >= 4 is 23.0 Å². The first-order chi connectivity index (χ1) is 12.1. The Bertz CT molecular complexity index is 881. The van der Waals surface area contributed by atoms with Gasteiger partial charge in [0.1, 0.15) is 0 Å². The van der Waals surface area contributed by atoms with Crippen LogP contribution in [-0.4, -0.2) is 12.0 Å². The summed E-state index contributed by atoms with van der Waals surface area (Å²) in [5, 5.41) is 15.6. The van der Waals surface area contributed by atoms with E-state index >= 15 is 0 Å². The summed E-state index contributed by atoms with van der Waals surface area (Å²) in [4.78, 5) is 11.0. The number of nitrogens with zero attached hydrogens (tertiary/aromatic N) is 1. The molecule has 0 radical (unpaired) electrons. The Morgan fingerprint density at radius 2 is 2.16 bits per heavy atom. The van der Waals surface area contributed by atoms with Crippen molar-refractivity contribution in [3.63, 3.8) is 0 Å². The number of ether oxygens (including phenoxy) is 1. The quantitative estimate of drug-likeness (QED) is 0.473. The Morgan fingerprint density at radius 1 is 1.32 bits per heavy atom. The lowest BCUT2D eigenvalue weighted by Gasteiger charge is -2.37. The molecule has 2 aliphatic rings. The number of nitro benzene ring substituents is 1. The Kier molecular flexibility index (Phi) is 3.88. The van der Waals surface area contributed by atoms with Crippen molar-refractivity contribution in [1.82, 2.24) is 0 Å². The van der Waals surface area contributed by atoms with Gasteiger partial charge in [-0.05, 0) is 35.6 Å². The SMILES string of the molecule is COc1ccc([C@H]2Nc3c(Cl)cccc3[C@H]3C=CC[C@H]32)cc1[N+](=O)[O-]. The van der Waals surface area contributed by atoms with Crippen LogP contribution in [0, 0.1) is 16.0 Å². The molecule has 128 valence electrons. The standard InChI is InChI=1S/C19H17ClN2O3/c1-25-17-9-8-11(10-16(17)22(23)24)18-13-5-2-4-12(13)14-6-3-7-15(20)19(14)21-18/h2-4,6-10,12-13,18,21H,5H2,1H3/t12-,13+,18+/m0/s1. The third-order valence-corrected chi connectivity index (χ3v) is 5.42. The lowest BCUT2D eigenvalue weighted by Crippen LogP contribution is -2.29. The van der Waals surface area contributed by atoms with Gasteiger partial charge in [-0.1, -0.05) is 42.0 Å². The van der Waals surface area contributed by atoms with Gasteiger partial charge in [-0.3, -0.25) is 10.1 Å². The molecular weight excluding hydrogens is 340 g/mol. The maximum absolute atomic E-state index is 11.4. The van der Waals surface area contributed by atoms with Crippen LogP contribution in [0.4, 0.5) is 11.4 Å². The molecule has 3 atom stereocenters. The Balaban J connectivity index is 1.80. The number of para-hydroxylation sites is 1. The van der Waals surface area contributed by atoms with E-state index in [1.807, 2.05) is 18.2 Å². The number of allylic oxidation sites excluding steroid dienone is 2. The summed E-state index contributed by atoms with van der Waals surface area (Å²) in [6.07, 6.45) is 5.32. The number of nitro groups is 1. The number of methoxy groups -OCH3 is 1. The second kappa shape index (κ2) is 6.08. The first-order valence-electron chi connectivity index (χ1n) is 8.14. The molecule has 2 aromatic carbocycles. The Hall–Kier alpha value is -2.53. The summed E-state index contributed by atoms with van der Waals surface area (Å²) in [7, 11) is 1.44. The fraction of sp³-hybridized carbons (Fsp3) is 0.263. The van der Waals surface area contributed by atoms with Crippen LogP contribution in [0.5, 0.6) is 5.75 Å². The smallest absolute Gasteiger partial charge is 0.311 e. The summed E-state index contributed by atoms with van der Waals surface area (Å²) >= 11 is 6.40. The molecule has 5 nitrogen and oxygen atoms in total. The summed E-state index contributed by atoms with van der Waals surface area (Å²) < 4.78 is 5.12. The average molecular weight is 357 g/mol. The molecule has 0 saturated heterocycles. The molecule has 0 bridgehead atoms. The lowest BCUT2D eigenvalue weighted by atomic mass is 9.77. The Morgan fingerprint density at radius 3 is 2.92 bits per heavy atom. The topological polar surface area (TPSA) is 64.4 Å². The van der Waals surface area contributed by atoms with E-state index in [9.17, 15) is 10.1 Å². The second-order valence-corrected chi connectivity index (χ2v) is 6.78. The molecule has 0 aromatic heterocycles. The van der Waals surface area contributed by atoms with Crippen LogP contribution in [0.15, 0.2) is 48.6 Å². The highest BCUT2D eigenvalue weighted by Gasteiger charge is 2.39. The number of rotatable bonds is 3. The van der Waals surface area contributed by atoms with E-state index in [0.29, 0.717) is 10.9 Å². The van der Waals surface area contributed by atoms with Gasteiger partial charge in [0.2, 0.25) is 0 Å². The first-order valence-corrected chi connectivity index (χ1v) is 8.52. The van der Waals surface area contributed by atoms with Crippen LogP contribution >= 0.6 is 11.6 Å². The molecule has 1 N–H and O–H groups in total. The first kappa shape index (κ1) is 16.0. The van der Waals surface area contributed by atoms with Gasteiger partial charge in [-0.25, -0.2) is 0 Å². The molecule has 1 heterocycles. The van der Waals surface area contributed by atoms with Gasteiger partial charge in [-0.2, -0.15) is 0 Å². The van der Waals surface area contributed by atoms with E-state index in [2.05, 4.69) is 23.5 Å². The van der Waals surface area contributed by atoms with Crippen LogP contribution in [0.1, 0.15) is 29.5 Å². The molecule has 1 aliphatic carbocycles. The van der Waals surface area contributed by atoms with E-state index in [1.54, 1.807) is 12.1 Å². The maximum Gasteiger partial charge on any atom is 0.311 e. The summed E-state index contributed by atoms with van der Waals surface area (Å²) in [6.45, 7) is 0. The number of hydrogen-bond donors (Lipinski definition) is 1. The van der Waals surface area contributed by atoms with Crippen LogP contribution in [0.3, 0.4) is 0 Å². The van der Waals surface area contributed by atoms with Crippen LogP contribution in [0.25, 0.3) is 0 Å². The Labute approximate surface area is 150 Å². The van der Waals surface area contributed by atoms with Gasteiger partial charge in [-0.15, -0.1) is 0 Å². The molecular formula is C19H17ClN2O3. The van der Waals surface area contributed by atoms with Gasteiger partial charge in [0.15, 0.2) is 5.75 Å². The minimum Gasteiger partial charge on any atom is -0.490 e. The van der Waals surface area contributed by atoms with Crippen molar-refractivity contribution in [1.29, 1.82) is 0 Å². The number of fused-ring (bicyclic) bond motifs is 3.